The number of aryl methyl sites for hydroxylation is 1. The van der Waals surface area contributed by atoms with Crippen LogP contribution in [0.1, 0.15) is 32.2 Å². The summed E-state index contributed by atoms with van der Waals surface area (Å²) in [5, 5.41) is 7.14. The standard InChI is InChI=1S/C10H18N2O/c1-8-5-9(13-12-8)6-11-7-10(2,3)4/h5,11H,6-7H2,1-4H3. The van der Waals surface area contributed by atoms with Crippen LogP contribution in [0.2, 0.25) is 0 Å². The van der Waals surface area contributed by atoms with Gasteiger partial charge >= 0.3 is 0 Å². The molecule has 3 nitrogen and oxygen atoms in total. The van der Waals surface area contributed by atoms with E-state index >= 15 is 0 Å². The largest absolute Gasteiger partial charge is 0.360 e. The molecule has 0 spiro atoms. The highest BCUT2D eigenvalue weighted by Crippen LogP contribution is 2.11. The van der Waals surface area contributed by atoms with E-state index in [9.17, 15) is 0 Å². The second kappa shape index (κ2) is 3.92. The lowest BCUT2D eigenvalue weighted by molar-refractivity contribution is 0.340. The van der Waals surface area contributed by atoms with Gasteiger partial charge < -0.3 is 9.84 Å². The first-order valence-electron chi connectivity index (χ1n) is 4.60. The van der Waals surface area contributed by atoms with Gasteiger partial charge in [-0.2, -0.15) is 0 Å². The lowest BCUT2D eigenvalue weighted by Gasteiger charge is -2.17. The van der Waals surface area contributed by atoms with Crippen molar-refractivity contribution in [1.82, 2.24) is 10.5 Å². The van der Waals surface area contributed by atoms with Crippen molar-refractivity contribution < 1.29 is 4.52 Å². The minimum absolute atomic E-state index is 0.315. The molecule has 0 fully saturated rings. The Kier molecular flexibility index (Phi) is 3.09. The first kappa shape index (κ1) is 10.3. The predicted octanol–water partition coefficient (Wildman–Crippen LogP) is 2.12. The van der Waals surface area contributed by atoms with E-state index in [0.717, 1.165) is 24.5 Å². The van der Waals surface area contributed by atoms with Gasteiger partial charge in [-0.25, -0.2) is 0 Å². The third-order valence-corrected chi connectivity index (χ3v) is 1.63. The van der Waals surface area contributed by atoms with Crippen molar-refractivity contribution >= 4 is 0 Å². The third kappa shape index (κ3) is 4.08. The molecular formula is C10H18N2O. The van der Waals surface area contributed by atoms with Crippen molar-refractivity contribution in [2.75, 3.05) is 6.54 Å². The quantitative estimate of drug-likeness (QED) is 0.778. The molecule has 0 bridgehead atoms. The number of aromatic nitrogens is 1. The Morgan fingerprint density at radius 1 is 1.46 bits per heavy atom. The first-order valence-corrected chi connectivity index (χ1v) is 4.60. The monoisotopic (exact) mass is 182 g/mol. The van der Waals surface area contributed by atoms with Gasteiger partial charge in [-0.05, 0) is 12.3 Å². The topological polar surface area (TPSA) is 38.1 Å². The average molecular weight is 182 g/mol. The average Bonchev–Trinajstić information content (AvgIpc) is 2.33. The van der Waals surface area contributed by atoms with E-state index in [1.54, 1.807) is 0 Å². The summed E-state index contributed by atoms with van der Waals surface area (Å²) in [5.74, 6) is 0.904. The zero-order chi connectivity index (χ0) is 9.90. The summed E-state index contributed by atoms with van der Waals surface area (Å²) in [4.78, 5) is 0. The van der Waals surface area contributed by atoms with E-state index in [1.807, 2.05) is 13.0 Å². The minimum Gasteiger partial charge on any atom is -0.360 e. The Hall–Kier alpha value is -0.830. The fourth-order valence-corrected chi connectivity index (χ4v) is 1.06. The molecule has 1 heterocycles. The molecule has 0 saturated heterocycles. The van der Waals surface area contributed by atoms with E-state index in [-0.39, 0.29) is 0 Å². The smallest absolute Gasteiger partial charge is 0.150 e. The number of nitrogens with one attached hydrogen (secondary N) is 1. The van der Waals surface area contributed by atoms with E-state index in [0.29, 0.717) is 5.41 Å². The van der Waals surface area contributed by atoms with Gasteiger partial charge in [0.2, 0.25) is 0 Å². The highest BCUT2D eigenvalue weighted by Gasteiger charge is 2.09. The molecule has 3 heteroatoms. The highest BCUT2D eigenvalue weighted by atomic mass is 16.5. The van der Waals surface area contributed by atoms with Crippen LogP contribution >= 0.6 is 0 Å². The predicted molar refractivity (Wildman–Crippen MR) is 52.4 cm³/mol. The van der Waals surface area contributed by atoms with Crippen LogP contribution in [0.3, 0.4) is 0 Å². The van der Waals surface area contributed by atoms with Crippen LogP contribution < -0.4 is 5.32 Å². The van der Waals surface area contributed by atoms with E-state index in [1.165, 1.54) is 0 Å². The van der Waals surface area contributed by atoms with E-state index in [4.69, 9.17) is 4.52 Å². The molecule has 74 valence electrons. The summed E-state index contributed by atoms with van der Waals surface area (Å²) in [6, 6.07) is 1.95. The second-order valence-electron chi connectivity index (χ2n) is 4.60. The summed E-state index contributed by atoms with van der Waals surface area (Å²) in [6.07, 6.45) is 0. The van der Waals surface area contributed by atoms with Gasteiger partial charge in [0, 0.05) is 12.6 Å². The van der Waals surface area contributed by atoms with E-state index < -0.39 is 0 Å². The Balaban J connectivity index is 2.28. The molecular weight excluding hydrogens is 164 g/mol. The first-order chi connectivity index (χ1) is 5.97. The molecule has 0 radical (unpaired) electrons. The van der Waals surface area contributed by atoms with Crippen molar-refractivity contribution in [2.45, 2.75) is 34.2 Å². The van der Waals surface area contributed by atoms with Crippen molar-refractivity contribution in [3.05, 3.63) is 17.5 Å². The van der Waals surface area contributed by atoms with Crippen molar-refractivity contribution in [3.63, 3.8) is 0 Å². The molecule has 1 rings (SSSR count). The Bertz CT molecular complexity index is 260. The molecule has 0 atom stereocenters. The number of hydrogen-bond donors (Lipinski definition) is 1. The van der Waals surface area contributed by atoms with Crippen LogP contribution in [0.5, 0.6) is 0 Å². The maximum atomic E-state index is 5.07. The molecule has 1 N–H and O–H groups in total. The SMILES string of the molecule is Cc1cc(CNCC(C)(C)C)on1. The molecule has 0 aliphatic heterocycles. The molecule has 0 saturated carbocycles. The van der Waals surface area contributed by atoms with Gasteiger partial charge in [0.15, 0.2) is 5.76 Å². The van der Waals surface area contributed by atoms with Crippen LogP contribution in [0.15, 0.2) is 10.6 Å². The van der Waals surface area contributed by atoms with Crippen LogP contribution in [0.25, 0.3) is 0 Å². The molecule has 1 aromatic rings. The zero-order valence-corrected chi connectivity index (χ0v) is 8.85. The van der Waals surface area contributed by atoms with Gasteiger partial charge in [-0.1, -0.05) is 25.9 Å². The molecule has 13 heavy (non-hydrogen) atoms. The maximum absolute atomic E-state index is 5.07. The summed E-state index contributed by atoms with van der Waals surface area (Å²) in [6.45, 7) is 10.3. The minimum atomic E-state index is 0.315. The van der Waals surface area contributed by atoms with Gasteiger partial charge in [0.1, 0.15) is 0 Å². The van der Waals surface area contributed by atoms with Crippen molar-refractivity contribution in [1.29, 1.82) is 0 Å². The normalized spacial score (nSPS) is 12.0. The second-order valence-corrected chi connectivity index (χ2v) is 4.60. The van der Waals surface area contributed by atoms with Gasteiger partial charge in [0.25, 0.3) is 0 Å². The van der Waals surface area contributed by atoms with Gasteiger partial charge in [-0.15, -0.1) is 0 Å². The molecule has 0 aliphatic carbocycles. The summed E-state index contributed by atoms with van der Waals surface area (Å²) in [7, 11) is 0. The Morgan fingerprint density at radius 3 is 2.62 bits per heavy atom. The third-order valence-electron chi connectivity index (χ3n) is 1.63. The molecule has 0 unspecified atom stereocenters. The molecule has 0 aliphatic rings. The highest BCUT2D eigenvalue weighted by molar-refractivity contribution is 5.02. The van der Waals surface area contributed by atoms with Crippen LogP contribution in [-0.2, 0) is 6.54 Å². The summed E-state index contributed by atoms with van der Waals surface area (Å²) < 4.78 is 5.07. The number of hydrogen-bond acceptors (Lipinski definition) is 3. The van der Waals surface area contributed by atoms with Crippen LogP contribution in [0.4, 0.5) is 0 Å². The van der Waals surface area contributed by atoms with Crippen LogP contribution in [-0.4, -0.2) is 11.7 Å². The lowest BCUT2D eigenvalue weighted by Crippen LogP contribution is -2.26. The number of nitrogens with zero attached hydrogens (tertiary/aromatic N) is 1. The summed E-state index contributed by atoms with van der Waals surface area (Å²) >= 11 is 0. The maximum Gasteiger partial charge on any atom is 0.150 e. The van der Waals surface area contributed by atoms with Crippen LogP contribution in [0, 0.1) is 12.3 Å². The summed E-state index contributed by atoms with van der Waals surface area (Å²) in [5.41, 5.74) is 1.25. The number of rotatable bonds is 3. The Morgan fingerprint density at radius 2 is 2.15 bits per heavy atom. The van der Waals surface area contributed by atoms with Gasteiger partial charge in [-0.3, -0.25) is 0 Å². The van der Waals surface area contributed by atoms with Gasteiger partial charge in [0.05, 0.1) is 12.2 Å². The van der Waals surface area contributed by atoms with Crippen molar-refractivity contribution in [3.8, 4) is 0 Å². The molecule has 0 amide bonds. The zero-order valence-electron chi connectivity index (χ0n) is 8.85. The fraction of sp³-hybridized carbons (Fsp3) is 0.700. The van der Waals surface area contributed by atoms with Crippen molar-refractivity contribution in [2.24, 2.45) is 5.41 Å². The molecule has 1 aromatic heterocycles. The Labute approximate surface area is 79.5 Å². The fourth-order valence-electron chi connectivity index (χ4n) is 1.06. The lowest BCUT2D eigenvalue weighted by atomic mass is 9.97. The van der Waals surface area contributed by atoms with E-state index in [2.05, 4.69) is 31.2 Å². The molecule has 0 aromatic carbocycles.